The average Bonchev–Trinajstić information content (AvgIpc) is 2.65. The van der Waals surface area contributed by atoms with E-state index in [0.717, 1.165) is 25.0 Å². The topological polar surface area (TPSA) is 86.8 Å². The maximum Gasteiger partial charge on any atom is 0.243 e. The van der Waals surface area contributed by atoms with Gasteiger partial charge in [0.15, 0.2) is 0 Å². The van der Waals surface area contributed by atoms with Gasteiger partial charge in [-0.15, -0.1) is 0 Å². The molecule has 0 saturated carbocycles. The summed E-state index contributed by atoms with van der Waals surface area (Å²) in [5.74, 6) is -0.785. The lowest BCUT2D eigenvalue weighted by atomic mass is 10.2. The van der Waals surface area contributed by atoms with Crippen LogP contribution in [-0.4, -0.2) is 70.5 Å². The molecule has 0 spiro atoms. The Morgan fingerprint density at radius 3 is 2.26 bits per heavy atom. The monoisotopic (exact) mass is 421 g/mol. The van der Waals surface area contributed by atoms with Gasteiger partial charge in [0.05, 0.1) is 10.6 Å². The SMILES string of the molecule is CCCCCN(CCS(=O)(=O)N1CCNCC1)S(=O)(=O)c1ccc(F)cc1. The molecule has 0 aliphatic carbocycles. The molecule has 27 heavy (non-hydrogen) atoms. The number of nitrogens with zero attached hydrogens (tertiary/aromatic N) is 2. The third-order valence-corrected chi connectivity index (χ3v) is 8.29. The highest BCUT2D eigenvalue weighted by Gasteiger charge is 2.29. The van der Waals surface area contributed by atoms with E-state index in [4.69, 9.17) is 0 Å². The molecular formula is C17H28FN3O4S2. The highest BCUT2D eigenvalue weighted by Crippen LogP contribution is 2.18. The number of nitrogens with one attached hydrogen (secondary N) is 1. The first kappa shape index (κ1) is 22.2. The summed E-state index contributed by atoms with van der Waals surface area (Å²) in [6.07, 6.45) is 2.41. The van der Waals surface area contributed by atoms with Crippen LogP contribution in [-0.2, 0) is 20.0 Å². The maximum atomic E-state index is 13.1. The van der Waals surface area contributed by atoms with E-state index in [1.54, 1.807) is 0 Å². The quantitative estimate of drug-likeness (QED) is 0.575. The Balaban J connectivity index is 2.14. The molecule has 1 saturated heterocycles. The minimum Gasteiger partial charge on any atom is -0.314 e. The molecule has 2 rings (SSSR count). The zero-order valence-electron chi connectivity index (χ0n) is 15.6. The van der Waals surface area contributed by atoms with Crippen LogP contribution in [0.2, 0.25) is 0 Å². The van der Waals surface area contributed by atoms with Crippen molar-refractivity contribution in [1.29, 1.82) is 0 Å². The van der Waals surface area contributed by atoms with Gasteiger partial charge in [0.1, 0.15) is 5.82 Å². The van der Waals surface area contributed by atoms with Gasteiger partial charge >= 0.3 is 0 Å². The normalized spacial score (nSPS) is 16.7. The summed E-state index contributed by atoms with van der Waals surface area (Å²) < 4.78 is 66.7. The molecule has 10 heteroatoms. The first-order valence-corrected chi connectivity index (χ1v) is 12.3. The number of piperazine rings is 1. The zero-order valence-corrected chi connectivity index (χ0v) is 17.2. The van der Waals surface area contributed by atoms with Gasteiger partial charge in [-0.3, -0.25) is 0 Å². The van der Waals surface area contributed by atoms with Crippen LogP contribution in [0.25, 0.3) is 0 Å². The van der Waals surface area contributed by atoms with Crippen molar-refractivity contribution in [3.63, 3.8) is 0 Å². The number of hydrogen-bond acceptors (Lipinski definition) is 5. The molecule has 154 valence electrons. The smallest absolute Gasteiger partial charge is 0.243 e. The zero-order chi connectivity index (χ0) is 19.9. The van der Waals surface area contributed by atoms with Gasteiger partial charge in [-0.05, 0) is 30.7 Å². The van der Waals surface area contributed by atoms with Crippen molar-refractivity contribution in [3.8, 4) is 0 Å². The van der Waals surface area contributed by atoms with E-state index in [2.05, 4.69) is 5.32 Å². The van der Waals surface area contributed by atoms with Crippen molar-refractivity contribution in [2.24, 2.45) is 0 Å². The van der Waals surface area contributed by atoms with E-state index in [-0.39, 0.29) is 23.7 Å². The van der Waals surface area contributed by atoms with E-state index >= 15 is 0 Å². The van der Waals surface area contributed by atoms with Gasteiger partial charge in [0, 0.05) is 39.3 Å². The Hall–Kier alpha value is -1.07. The Morgan fingerprint density at radius 1 is 1.04 bits per heavy atom. The molecule has 0 bridgehead atoms. The number of hydrogen-bond donors (Lipinski definition) is 1. The molecule has 1 heterocycles. The van der Waals surface area contributed by atoms with Gasteiger partial charge < -0.3 is 5.32 Å². The van der Waals surface area contributed by atoms with E-state index < -0.39 is 25.9 Å². The minimum atomic E-state index is -3.88. The van der Waals surface area contributed by atoms with Crippen LogP contribution in [0.15, 0.2) is 29.2 Å². The van der Waals surface area contributed by atoms with Crippen molar-refractivity contribution in [2.75, 3.05) is 45.0 Å². The predicted octanol–water partition coefficient (Wildman–Crippen LogP) is 1.24. The fourth-order valence-corrected chi connectivity index (χ4v) is 5.96. The number of halogens is 1. The average molecular weight is 422 g/mol. The van der Waals surface area contributed by atoms with Crippen LogP contribution in [0.4, 0.5) is 4.39 Å². The largest absolute Gasteiger partial charge is 0.314 e. The molecule has 0 radical (unpaired) electrons. The molecule has 1 aliphatic heterocycles. The van der Waals surface area contributed by atoms with Crippen molar-refractivity contribution >= 4 is 20.0 Å². The van der Waals surface area contributed by atoms with Crippen molar-refractivity contribution < 1.29 is 21.2 Å². The first-order chi connectivity index (χ1) is 12.8. The van der Waals surface area contributed by atoms with E-state index in [0.29, 0.717) is 32.6 Å². The molecule has 0 aromatic heterocycles. The standard InChI is InChI=1S/C17H28FN3O4S2/c1-2-3-4-11-21(27(24,25)17-7-5-16(18)6-8-17)14-15-26(22,23)20-12-9-19-10-13-20/h5-8,19H,2-4,9-15H2,1H3. The molecule has 1 N–H and O–H groups in total. The summed E-state index contributed by atoms with van der Waals surface area (Å²) in [4.78, 5) is -0.0278. The van der Waals surface area contributed by atoms with E-state index in [1.165, 1.54) is 20.7 Å². The summed E-state index contributed by atoms with van der Waals surface area (Å²) in [6, 6.07) is 4.60. The molecular weight excluding hydrogens is 393 g/mol. The fraction of sp³-hybridized carbons (Fsp3) is 0.647. The Kier molecular flexibility index (Phi) is 8.17. The molecule has 7 nitrogen and oxygen atoms in total. The highest BCUT2D eigenvalue weighted by molar-refractivity contribution is 7.90. The van der Waals surface area contributed by atoms with Gasteiger partial charge in [-0.1, -0.05) is 19.8 Å². The lowest BCUT2D eigenvalue weighted by Crippen LogP contribution is -2.48. The van der Waals surface area contributed by atoms with Gasteiger partial charge in [0.2, 0.25) is 20.0 Å². The Bertz CT molecular complexity index is 792. The van der Waals surface area contributed by atoms with Crippen molar-refractivity contribution in [2.45, 2.75) is 31.1 Å². The molecule has 1 aromatic carbocycles. The molecule has 0 atom stereocenters. The third-order valence-electron chi connectivity index (χ3n) is 4.53. The summed E-state index contributed by atoms with van der Waals surface area (Å²) in [5, 5.41) is 3.09. The Morgan fingerprint density at radius 2 is 1.67 bits per heavy atom. The maximum absolute atomic E-state index is 13.1. The van der Waals surface area contributed by atoms with Crippen LogP contribution in [0, 0.1) is 5.82 Å². The van der Waals surface area contributed by atoms with E-state index in [1.807, 2.05) is 6.92 Å². The first-order valence-electron chi connectivity index (χ1n) is 9.21. The van der Waals surface area contributed by atoms with Crippen LogP contribution in [0.3, 0.4) is 0 Å². The fourth-order valence-electron chi connectivity index (χ4n) is 2.91. The highest BCUT2D eigenvalue weighted by atomic mass is 32.2. The molecule has 1 aliphatic rings. The van der Waals surface area contributed by atoms with Crippen LogP contribution >= 0.6 is 0 Å². The summed E-state index contributed by atoms with van der Waals surface area (Å²) in [6.45, 7) is 4.10. The van der Waals surface area contributed by atoms with Crippen LogP contribution in [0.1, 0.15) is 26.2 Å². The predicted molar refractivity (Wildman–Crippen MR) is 103 cm³/mol. The second-order valence-corrected chi connectivity index (χ2v) is 10.6. The third kappa shape index (κ3) is 6.21. The molecule has 0 amide bonds. The summed E-state index contributed by atoms with van der Waals surface area (Å²) >= 11 is 0. The lowest BCUT2D eigenvalue weighted by Gasteiger charge is -2.28. The number of rotatable bonds is 10. The molecule has 1 aromatic rings. The lowest BCUT2D eigenvalue weighted by molar-refractivity contribution is 0.355. The van der Waals surface area contributed by atoms with Gasteiger partial charge in [-0.25, -0.2) is 21.2 Å². The number of benzene rings is 1. The molecule has 0 unspecified atom stereocenters. The number of sulfonamides is 2. The minimum absolute atomic E-state index is 0.0278. The van der Waals surface area contributed by atoms with Crippen LogP contribution in [0.5, 0.6) is 0 Å². The van der Waals surface area contributed by atoms with Crippen molar-refractivity contribution in [1.82, 2.24) is 13.9 Å². The Labute approximate surface area is 161 Å². The van der Waals surface area contributed by atoms with Crippen LogP contribution < -0.4 is 5.32 Å². The van der Waals surface area contributed by atoms with Crippen molar-refractivity contribution in [3.05, 3.63) is 30.1 Å². The van der Waals surface area contributed by atoms with E-state index in [9.17, 15) is 21.2 Å². The second-order valence-electron chi connectivity index (χ2n) is 6.53. The summed E-state index contributed by atoms with van der Waals surface area (Å²) in [7, 11) is -7.41. The molecule has 1 fully saturated rings. The second kappa shape index (κ2) is 9.92. The number of unbranched alkanes of at least 4 members (excludes halogenated alkanes) is 2. The summed E-state index contributed by atoms with van der Waals surface area (Å²) in [5.41, 5.74) is 0. The van der Waals surface area contributed by atoms with Gasteiger partial charge in [-0.2, -0.15) is 8.61 Å². The van der Waals surface area contributed by atoms with Gasteiger partial charge in [0.25, 0.3) is 0 Å².